The molecule has 2 heterocycles. The standard InChI is InChI=1S/C12H21N3O.H2/c1-14-3-2-9(6-14)11(16)15-7-12(8-15)4-10(13)5-12;/h9-10H,2-8,13H2,1H3;1H/t9-;/m1./s1. The molecule has 1 saturated carbocycles. The molecular weight excluding hydrogens is 202 g/mol. The fourth-order valence-electron chi connectivity index (χ4n) is 3.62. The van der Waals surface area contributed by atoms with Gasteiger partial charge in [0.25, 0.3) is 0 Å². The van der Waals surface area contributed by atoms with E-state index in [1.165, 1.54) is 0 Å². The van der Waals surface area contributed by atoms with E-state index in [-0.39, 0.29) is 7.34 Å². The molecule has 4 heteroatoms. The lowest BCUT2D eigenvalue weighted by Crippen LogP contribution is -2.67. The molecule has 2 N–H and O–H groups in total. The average Bonchev–Trinajstić information content (AvgIpc) is 2.55. The van der Waals surface area contributed by atoms with Crippen LogP contribution >= 0.6 is 0 Å². The van der Waals surface area contributed by atoms with Gasteiger partial charge in [0.2, 0.25) is 5.91 Å². The molecule has 1 atom stereocenters. The Labute approximate surface area is 98.2 Å². The molecular formula is C12H23N3O. The number of rotatable bonds is 1. The normalized spacial score (nSPS) is 33.9. The van der Waals surface area contributed by atoms with Gasteiger partial charge in [0.1, 0.15) is 0 Å². The highest BCUT2D eigenvalue weighted by Gasteiger charge is 2.53. The summed E-state index contributed by atoms with van der Waals surface area (Å²) < 4.78 is 0. The third-order valence-corrected chi connectivity index (χ3v) is 4.50. The van der Waals surface area contributed by atoms with E-state index in [0.717, 1.165) is 45.4 Å². The molecule has 3 aliphatic rings. The summed E-state index contributed by atoms with van der Waals surface area (Å²) in [5.41, 5.74) is 6.25. The highest BCUT2D eigenvalue weighted by Crippen LogP contribution is 2.47. The number of hydrogen-bond acceptors (Lipinski definition) is 3. The predicted octanol–water partition coefficient (Wildman–Crippen LogP) is 0.134. The molecule has 0 aromatic heterocycles. The van der Waals surface area contributed by atoms with Crippen molar-refractivity contribution in [3.8, 4) is 0 Å². The van der Waals surface area contributed by atoms with Gasteiger partial charge in [-0.1, -0.05) is 0 Å². The number of carbonyl (C=O) groups excluding carboxylic acids is 1. The van der Waals surface area contributed by atoms with Gasteiger partial charge in [0.15, 0.2) is 0 Å². The SMILES string of the molecule is CN1CC[C@@H](C(=O)N2CC3(CC(N)C3)C2)C1.[HH]. The molecule has 3 rings (SSSR count). The van der Waals surface area contributed by atoms with Crippen LogP contribution in [0.15, 0.2) is 0 Å². The number of carbonyl (C=O) groups is 1. The van der Waals surface area contributed by atoms with Crippen LogP contribution < -0.4 is 5.73 Å². The van der Waals surface area contributed by atoms with Gasteiger partial charge in [-0.3, -0.25) is 4.79 Å². The van der Waals surface area contributed by atoms with Crippen molar-refractivity contribution in [2.75, 3.05) is 33.2 Å². The number of hydrogen-bond donors (Lipinski definition) is 1. The molecule has 4 nitrogen and oxygen atoms in total. The average molecular weight is 225 g/mol. The number of nitrogens with two attached hydrogens (primary N) is 1. The molecule has 16 heavy (non-hydrogen) atoms. The van der Waals surface area contributed by atoms with Crippen molar-refractivity contribution >= 4 is 5.91 Å². The van der Waals surface area contributed by atoms with Crippen LogP contribution in [-0.4, -0.2) is 55.0 Å². The van der Waals surface area contributed by atoms with Gasteiger partial charge in [0, 0.05) is 32.5 Å². The maximum Gasteiger partial charge on any atom is 0.227 e. The maximum absolute atomic E-state index is 12.2. The lowest BCUT2D eigenvalue weighted by molar-refractivity contribution is -0.155. The summed E-state index contributed by atoms with van der Waals surface area (Å²) in [6, 6.07) is 0.398. The molecule has 1 spiro atoms. The van der Waals surface area contributed by atoms with Gasteiger partial charge < -0.3 is 15.5 Å². The molecule has 0 aromatic carbocycles. The van der Waals surface area contributed by atoms with Gasteiger partial charge in [0.05, 0.1) is 5.92 Å². The monoisotopic (exact) mass is 225 g/mol. The summed E-state index contributed by atoms with van der Waals surface area (Å²) in [6.45, 7) is 3.96. The van der Waals surface area contributed by atoms with Gasteiger partial charge >= 0.3 is 0 Å². The predicted molar refractivity (Wildman–Crippen MR) is 63.9 cm³/mol. The van der Waals surface area contributed by atoms with Crippen molar-refractivity contribution in [2.45, 2.75) is 25.3 Å². The van der Waals surface area contributed by atoms with E-state index in [1.807, 2.05) is 0 Å². The molecule has 0 bridgehead atoms. The second kappa shape index (κ2) is 3.44. The largest absolute Gasteiger partial charge is 0.341 e. The summed E-state index contributed by atoms with van der Waals surface area (Å²) in [5, 5.41) is 0. The van der Waals surface area contributed by atoms with Crippen LogP contribution in [0.4, 0.5) is 0 Å². The fraction of sp³-hybridized carbons (Fsp3) is 0.917. The van der Waals surface area contributed by atoms with Crippen LogP contribution in [0.3, 0.4) is 0 Å². The summed E-state index contributed by atoms with van der Waals surface area (Å²) in [4.78, 5) is 16.4. The summed E-state index contributed by atoms with van der Waals surface area (Å²) in [7, 11) is 2.09. The molecule has 92 valence electrons. The van der Waals surface area contributed by atoms with E-state index in [9.17, 15) is 4.79 Å². The van der Waals surface area contributed by atoms with E-state index < -0.39 is 0 Å². The second-order valence-electron chi connectivity index (χ2n) is 6.11. The van der Waals surface area contributed by atoms with Crippen molar-refractivity contribution in [1.29, 1.82) is 0 Å². The van der Waals surface area contributed by atoms with E-state index in [0.29, 0.717) is 17.4 Å². The Balaban J connectivity index is 0.00000108. The Hall–Kier alpha value is -0.610. The quantitative estimate of drug-likeness (QED) is 0.690. The summed E-state index contributed by atoms with van der Waals surface area (Å²) in [5.74, 6) is 0.645. The van der Waals surface area contributed by atoms with Crippen molar-refractivity contribution in [2.24, 2.45) is 17.1 Å². The molecule has 2 saturated heterocycles. The maximum atomic E-state index is 12.2. The minimum atomic E-state index is 0. The van der Waals surface area contributed by atoms with E-state index in [2.05, 4.69) is 16.8 Å². The summed E-state index contributed by atoms with van der Waals surface area (Å²) in [6.07, 6.45) is 3.29. The first-order chi connectivity index (χ1) is 7.58. The second-order valence-corrected chi connectivity index (χ2v) is 6.11. The molecule has 2 aliphatic heterocycles. The van der Waals surface area contributed by atoms with Crippen LogP contribution in [0.25, 0.3) is 0 Å². The molecule has 0 radical (unpaired) electrons. The molecule has 1 amide bonds. The van der Waals surface area contributed by atoms with Crippen molar-refractivity contribution in [3.05, 3.63) is 0 Å². The van der Waals surface area contributed by atoms with Crippen LogP contribution in [0, 0.1) is 11.3 Å². The first-order valence-corrected chi connectivity index (χ1v) is 6.31. The van der Waals surface area contributed by atoms with Crippen molar-refractivity contribution < 1.29 is 6.22 Å². The third-order valence-electron chi connectivity index (χ3n) is 4.50. The number of likely N-dealkylation sites (tertiary alicyclic amines) is 2. The first-order valence-electron chi connectivity index (χ1n) is 6.31. The lowest BCUT2D eigenvalue weighted by atomic mass is 9.61. The van der Waals surface area contributed by atoms with Gasteiger partial charge in [-0.2, -0.15) is 0 Å². The zero-order chi connectivity index (χ0) is 11.3. The van der Waals surface area contributed by atoms with Crippen LogP contribution in [0.5, 0.6) is 0 Å². The van der Waals surface area contributed by atoms with E-state index >= 15 is 0 Å². The molecule has 0 aromatic rings. The van der Waals surface area contributed by atoms with Gasteiger partial charge in [-0.15, -0.1) is 0 Å². The lowest BCUT2D eigenvalue weighted by Gasteiger charge is -2.58. The minimum Gasteiger partial charge on any atom is -0.341 e. The Bertz CT molecular complexity index is 309. The van der Waals surface area contributed by atoms with Crippen LogP contribution in [0.2, 0.25) is 0 Å². The van der Waals surface area contributed by atoms with E-state index in [1.54, 1.807) is 0 Å². The summed E-state index contributed by atoms with van der Waals surface area (Å²) >= 11 is 0. The Kier molecular flexibility index (Phi) is 2.27. The highest BCUT2D eigenvalue weighted by molar-refractivity contribution is 5.80. The Morgan fingerprint density at radius 2 is 2.12 bits per heavy atom. The number of nitrogens with zero attached hydrogens (tertiary/aromatic N) is 2. The van der Waals surface area contributed by atoms with Crippen LogP contribution in [-0.2, 0) is 4.79 Å². The highest BCUT2D eigenvalue weighted by atomic mass is 16.2. The van der Waals surface area contributed by atoms with Gasteiger partial charge in [-0.25, -0.2) is 0 Å². The van der Waals surface area contributed by atoms with Crippen LogP contribution in [0.1, 0.15) is 20.7 Å². The number of amides is 1. The molecule has 1 aliphatic carbocycles. The zero-order valence-corrected chi connectivity index (χ0v) is 9.98. The van der Waals surface area contributed by atoms with Gasteiger partial charge in [-0.05, 0) is 32.9 Å². The van der Waals surface area contributed by atoms with Crippen molar-refractivity contribution in [3.63, 3.8) is 0 Å². The third kappa shape index (κ3) is 1.55. The fourth-order valence-corrected chi connectivity index (χ4v) is 3.62. The van der Waals surface area contributed by atoms with Crippen molar-refractivity contribution in [1.82, 2.24) is 9.80 Å². The Morgan fingerprint density at radius 3 is 2.62 bits per heavy atom. The topological polar surface area (TPSA) is 49.6 Å². The molecule has 3 fully saturated rings. The van der Waals surface area contributed by atoms with E-state index in [4.69, 9.17) is 5.73 Å². The smallest absolute Gasteiger partial charge is 0.227 e. The Morgan fingerprint density at radius 1 is 1.44 bits per heavy atom. The molecule has 0 unspecified atom stereocenters. The zero-order valence-electron chi connectivity index (χ0n) is 9.98. The first kappa shape index (κ1) is 10.5. The minimum absolute atomic E-state index is 0.